The molecule has 1 N–H and O–H groups in total. The third kappa shape index (κ3) is 4.09. The van der Waals surface area contributed by atoms with Crippen molar-refractivity contribution in [2.45, 2.75) is 33.7 Å². The topological polar surface area (TPSA) is 49.8 Å². The summed E-state index contributed by atoms with van der Waals surface area (Å²) < 4.78 is 5.56. The molecule has 0 atom stereocenters. The van der Waals surface area contributed by atoms with Crippen molar-refractivity contribution in [3.8, 4) is 5.88 Å². The number of likely N-dealkylation sites (tertiary alicyclic amines) is 1. The normalized spacial score (nSPS) is 17.9. The molecule has 0 bridgehead atoms. The Kier molecular flexibility index (Phi) is 5.04. The maximum Gasteiger partial charge on any atom is 0.218 e. The van der Waals surface area contributed by atoms with Crippen molar-refractivity contribution in [1.29, 1.82) is 0 Å². The van der Waals surface area contributed by atoms with Gasteiger partial charge in [-0.05, 0) is 24.8 Å². The first kappa shape index (κ1) is 15.6. The SMILES string of the molecule is CCOc1ncccc1CNC(=NC)N1CCC(C)(C)C1. The van der Waals surface area contributed by atoms with Crippen LogP contribution >= 0.6 is 0 Å². The molecule has 0 saturated carbocycles. The van der Waals surface area contributed by atoms with Gasteiger partial charge in [-0.15, -0.1) is 0 Å². The van der Waals surface area contributed by atoms with Crippen LogP contribution in [0, 0.1) is 5.41 Å². The van der Waals surface area contributed by atoms with E-state index >= 15 is 0 Å². The van der Waals surface area contributed by atoms with Crippen molar-refractivity contribution in [3.05, 3.63) is 23.9 Å². The highest BCUT2D eigenvalue weighted by atomic mass is 16.5. The molecule has 5 nitrogen and oxygen atoms in total. The fourth-order valence-corrected chi connectivity index (χ4v) is 2.63. The minimum Gasteiger partial charge on any atom is -0.478 e. The minimum atomic E-state index is 0.363. The van der Waals surface area contributed by atoms with Crippen LogP contribution in [0.25, 0.3) is 0 Å². The van der Waals surface area contributed by atoms with Crippen molar-refractivity contribution in [2.24, 2.45) is 10.4 Å². The summed E-state index contributed by atoms with van der Waals surface area (Å²) in [5.41, 5.74) is 1.42. The molecule has 0 unspecified atom stereocenters. The largest absolute Gasteiger partial charge is 0.478 e. The van der Waals surface area contributed by atoms with E-state index < -0.39 is 0 Å². The van der Waals surface area contributed by atoms with E-state index in [0.717, 1.165) is 24.6 Å². The van der Waals surface area contributed by atoms with E-state index in [-0.39, 0.29) is 0 Å². The molecule has 0 amide bonds. The van der Waals surface area contributed by atoms with Crippen molar-refractivity contribution >= 4 is 5.96 Å². The van der Waals surface area contributed by atoms with Gasteiger partial charge >= 0.3 is 0 Å². The van der Waals surface area contributed by atoms with E-state index in [1.165, 1.54) is 6.42 Å². The molecule has 0 spiro atoms. The van der Waals surface area contributed by atoms with Gasteiger partial charge in [0, 0.05) is 38.4 Å². The molecule has 1 fully saturated rings. The van der Waals surface area contributed by atoms with Crippen LogP contribution in [0.5, 0.6) is 5.88 Å². The third-order valence-corrected chi connectivity index (χ3v) is 3.76. The lowest BCUT2D eigenvalue weighted by molar-refractivity contribution is 0.322. The van der Waals surface area contributed by atoms with E-state index in [1.54, 1.807) is 6.20 Å². The van der Waals surface area contributed by atoms with Gasteiger partial charge in [0.25, 0.3) is 0 Å². The maximum atomic E-state index is 5.56. The summed E-state index contributed by atoms with van der Waals surface area (Å²) >= 11 is 0. The Hall–Kier alpha value is -1.78. The van der Waals surface area contributed by atoms with Crippen LogP contribution in [0.1, 0.15) is 32.8 Å². The van der Waals surface area contributed by atoms with Crippen molar-refractivity contribution < 1.29 is 4.74 Å². The number of nitrogens with zero attached hydrogens (tertiary/aromatic N) is 3. The first-order valence-electron chi connectivity index (χ1n) is 7.58. The minimum absolute atomic E-state index is 0.363. The van der Waals surface area contributed by atoms with Crippen LogP contribution in [0.4, 0.5) is 0 Å². The molecule has 21 heavy (non-hydrogen) atoms. The van der Waals surface area contributed by atoms with E-state index in [1.807, 2.05) is 26.1 Å². The second-order valence-electron chi connectivity index (χ2n) is 6.14. The molecule has 1 aliphatic rings. The van der Waals surface area contributed by atoms with Gasteiger partial charge in [0.2, 0.25) is 5.88 Å². The van der Waals surface area contributed by atoms with Gasteiger partial charge in [-0.25, -0.2) is 4.98 Å². The van der Waals surface area contributed by atoms with Gasteiger partial charge in [-0.3, -0.25) is 4.99 Å². The van der Waals surface area contributed by atoms with Gasteiger partial charge < -0.3 is 15.0 Å². The highest BCUT2D eigenvalue weighted by molar-refractivity contribution is 5.80. The summed E-state index contributed by atoms with van der Waals surface area (Å²) in [5, 5.41) is 3.42. The van der Waals surface area contributed by atoms with Crippen molar-refractivity contribution in [2.75, 3.05) is 26.7 Å². The number of hydrogen-bond acceptors (Lipinski definition) is 3. The second-order valence-corrected chi connectivity index (χ2v) is 6.14. The molecule has 0 aromatic carbocycles. The van der Waals surface area contributed by atoms with Crippen LogP contribution < -0.4 is 10.1 Å². The molecule has 1 saturated heterocycles. The summed E-state index contributed by atoms with van der Waals surface area (Å²) in [5.74, 6) is 1.65. The number of ether oxygens (including phenoxy) is 1. The molecule has 1 aromatic heterocycles. The van der Waals surface area contributed by atoms with Crippen LogP contribution in [0.2, 0.25) is 0 Å². The molecule has 0 radical (unpaired) electrons. The fourth-order valence-electron chi connectivity index (χ4n) is 2.63. The third-order valence-electron chi connectivity index (χ3n) is 3.76. The summed E-state index contributed by atoms with van der Waals surface area (Å²) in [6, 6.07) is 3.97. The van der Waals surface area contributed by atoms with Crippen LogP contribution in [-0.2, 0) is 6.54 Å². The van der Waals surface area contributed by atoms with Crippen molar-refractivity contribution in [1.82, 2.24) is 15.2 Å². The highest BCUT2D eigenvalue weighted by Gasteiger charge is 2.30. The Bertz CT molecular complexity index is 499. The molecule has 0 aliphatic carbocycles. The Labute approximate surface area is 127 Å². The summed E-state index contributed by atoms with van der Waals surface area (Å²) in [6.07, 6.45) is 2.96. The molecule has 116 valence electrons. The lowest BCUT2D eigenvalue weighted by atomic mass is 9.93. The molecular formula is C16H26N4O. The molecule has 1 aromatic rings. The number of aliphatic imine (C=N–C) groups is 1. The average Bonchev–Trinajstić information content (AvgIpc) is 2.82. The predicted octanol–water partition coefficient (Wildman–Crippen LogP) is 2.29. The molecule has 5 heteroatoms. The highest BCUT2D eigenvalue weighted by Crippen LogP contribution is 2.28. The Morgan fingerprint density at radius 1 is 1.52 bits per heavy atom. The molecular weight excluding hydrogens is 264 g/mol. The van der Waals surface area contributed by atoms with Gasteiger partial charge in [-0.1, -0.05) is 19.9 Å². The molecule has 2 rings (SSSR count). The lowest BCUT2D eigenvalue weighted by Gasteiger charge is -2.24. The predicted molar refractivity (Wildman–Crippen MR) is 85.6 cm³/mol. The van der Waals surface area contributed by atoms with Crippen LogP contribution in [0.3, 0.4) is 0 Å². The van der Waals surface area contributed by atoms with E-state index in [9.17, 15) is 0 Å². The quantitative estimate of drug-likeness (QED) is 0.683. The number of pyridine rings is 1. The van der Waals surface area contributed by atoms with Gasteiger partial charge in [0.1, 0.15) is 0 Å². The van der Waals surface area contributed by atoms with E-state index in [0.29, 0.717) is 24.4 Å². The number of rotatable bonds is 4. The van der Waals surface area contributed by atoms with Crippen LogP contribution in [0.15, 0.2) is 23.3 Å². The average molecular weight is 290 g/mol. The zero-order valence-electron chi connectivity index (χ0n) is 13.5. The first-order chi connectivity index (χ1) is 10.1. The van der Waals surface area contributed by atoms with Crippen molar-refractivity contribution in [3.63, 3.8) is 0 Å². The van der Waals surface area contributed by atoms with E-state index in [2.05, 4.69) is 34.0 Å². The number of nitrogens with one attached hydrogen (secondary N) is 1. The number of guanidine groups is 1. The Morgan fingerprint density at radius 3 is 2.95 bits per heavy atom. The molecule has 2 heterocycles. The summed E-state index contributed by atoms with van der Waals surface area (Å²) in [6.45, 7) is 9.96. The van der Waals surface area contributed by atoms with E-state index in [4.69, 9.17) is 4.74 Å². The molecule has 1 aliphatic heterocycles. The lowest BCUT2D eigenvalue weighted by Crippen LogP contribution is -2.40. The fraction of sp³-hybridized carbons (Fsp3) is 0.625. The monoisotopic (exact) mass is 290 g/mol. The Morgan fingerprint density at radius 2 is 2.33 bits per heavy atom. The van der Waals surface area contributed by atoms with Gasteiger partial charge in [0.15, 0.2) is 5.96 Å². The van der Waals surface area contributed by atoms with Gasteiger partial charge in [-0.2, -0.15) is 0 Å². The standard InChI is InChI=1S/C16H26N4O/c1-5-21-14-13(7-6-9-18-14)11-19-15(17-4)20-10-8-16(2,3)12-20/h6-7,9H,5,8,10-12H2,1-4H3,(H,17,19). The zero-order chi connectivity index (χ0) is 15.3. The Balaban J connectivity index is 1.98. The first-order valence-corrected chi connectivity index (χ1v) is 7.58. The van der Waals surface area contributed by atoms with Gasteiger partial charge in [0.05, 0.1) is 6.61 Å². The van der Waals surface area contributed by atoms with Crippen LogP contribution in [-0.4, -0.2) is 42.6 Å². The summed E-state index contributed by atoms with van der Waals surface area (Å²) in [7, 11) is 1.83. The number of hydrogen-bond donors (Lipinski definition) is 1. The summed E-state index contributed by atoms with van der Waals surface area (Å²) in [4.78, 5) is 11.0. The smallest absolute Gasteiger partial charge is 0.218 e. The zero-order valence-corrected chi connectivity index (χ0v) is 13.5. The second kappa shape index (κ2) is 6.78. The number of aromatic nitrogens is 1. The maximum absolute atomic E-state index is 5.56.